The first-order chi connectivity index (χ1) is 20.3. The van der Waals surface area contributed by atoms with Crippen LogP contribution in [0.3, 0.4) is 0 Å². The molecule has 0 aromatic heterocycles. The molecular weight excluding hydrogens is 502 g/mol. The Balaban J connectivity index is 3.89. The lowest BCUT2D eigenvalue weighted by molar-refractivity contribution is 0.254. The number of nitrogens with zero attached hydrogens (tertiary/aromatic N) is 1. The van der Waals surface area contributed by atoms with E-state index in [0.717, 1.165) is 12.8 Å². The number of aliphatic hydroxyl groups excluding tert-OH is 2. The van der Waals surface area contributed by atoms with Crippen LogP contribution in [0.5, 0.6) is 0 Å². The van der Waals surface area contributed by atoms with Crippen molar-refractivity contribution in [2.45, 2.75) is 212 Å². The Morgan fingerprint density at radius 1 is 0.268 bits per heavy atom. The number of rotatable bonds is 37. The molecule has 0 aromatic carbocycles. The monoisotopic (exact) mass is 582 g/mol. The lowest BCUT2D eigenvalue weighted by Gasteiger charge is -2.22. The van der Waals surface area contributed by atoms with Gasteiger partial charge in [-0.2, -0.15) is 0 Å². The zero-order valence-corrected chi connectivity index (χ0v) is 28.5. The van der Waals surface area contributed by atoms with E-state index in [0.29, 0.717) is 13.2 Å². The van der Waals surface area contributed by atoms with E-state index in [1.165, 1.54) is 212 Å². The third kappa shape index (κ3) is 36.0. The van der Waals surface area contributed by atoms with Crippen LogP contribution in [0.4, 0.5) is 0 Å². The normalized spacial score (nSPS) is 11.7. The van der Waals surface area contributed by atoms with Crippen LogP contribution in [-0.2, 0) is 0 Å². The molecule has 0 heterocycles. The zero-order valence-electron chi connectivity index (χ0n) is 28.5. The Labute approximate surface area is 260 Å². The molecule has 0 saturated carbocycles. The van der Waals surface area contributed by atoms with E-state index < -0.39 is 0 Å². The molecule has 0 aliphatic heterocycles. The zero-order chi connectivity index (χ0) is 29.7. The fraction of sp³-hybridized carbons (Fsp3) is 1.00. The van der Waals surface area contributed by atoms with Gasteiger partial charge in [0, 0.05) is 13.2 Å². The Morgan fingerprint density at radius 3 is 0.683 bits per heavy atom. The predicted molar refractivity (Wildman–Crippen MR) is 184 cm³/mol. The van der Waals surface area contributed by atoms with Gasteiger partial charge in [-0.3, -0.25) is 0 Å². The van der Waals surface area contributed by atoms with Crippen molar-refractivity contribution in [2.75, 3.05) is 32.8 Å². The van der Waals surface area contributed by atoms with Gasteiger partial charge in [0.05, 0.1) is 0 Å². The Bertz CT molecular complexity index is 418. The molecule has 0 aliphatic carbocycles. The van der Waals surface area contributed by atoms with E-state index in [9.17, 15) is 0 Å². The summed E-state index contributed by atoms with van der Waals surface area (Å²) in [5, 5.41) is 17.8. The largest absolute Gasteiger partial charge is 0.396 e. The number of hydrogen-bond acceptors (Lipinski definition) is 3. The summed E-state index contributed by atoms with van der Waals surface area (Å²) in [5.41, 5.74) is 0. The summed E-state index contributed by atoms with van der Waals surface area (Å²) in [6.07, 6.45) is 43.9. The van der Waals surface area contributed by atoms with Crippen LogP contribution in [0.1, 0.15) is 212 Å². The van der Waals surface area contributed by atoms with Gasteiger partial charge in [0.25, 0.3) is 0 Å². The molecule has 3 nitrogen and oxygen atoms in total. The molecule has 248 valence electrons. The maximum atomic E-state index is 8.88. The van der Waals surface area contributed by atoms with Crippen LogP contribution in [-0.4, -0.2) is 48.0 Å². The highest BCUT2D eigenvalue weighted by Gasteiger charge is 2.05. The van der Waals surface area contributed by atoms with Crippen molar-refractivity contribution in [1.82, 2.24) is 4.90 Å². The summed E-state index contributed by atoms with van der Waals surface area (Å²) < 4.78 is 0. The summed E-state index contributed by atoms with van der Waals surface area (Å²) in [4.78, 5) is 2.82. The van der Waals surface area contributed by atoms with Crippen LogP contribution in [0.2, 0.25) is 0 Å². The second-order valence-corrected chi connectivity index (χ2v) is 13.2. The minimum atomic E-state index is 0.365. The Hall–Kier alpha value is -0.120. The highest BCUT2D eigenvalue weighted by molar-refractivity contribution is 4.61. The summed E-state index contributed by atoms with van der Waals surface area (Å²) in [5.74, 6) is 0. The van der Waals surface area contributed by atoms with Crippen LogP contribution in [0.15, 0.2) is 0 Å². The average Bonchev–Trinajstić information content (AvgIpc) is 2.98. The maximum absolute atomic E-state index is 8.88. The summed E-state index contributed by atoms with van der Waals surface area (Å²) in [6.45, 7) is 7.02. The minimum absolute atomic E-state index is 0.365. The molecule has 0 fully saturated rings. The van der Waals surface area contributed by atoms with Crippen LogP contribution < -0.4 is 0 Å². The molecule has 0 unspecified atom stereocenters. The smallest absolute Gasteiger partial charge is 0.0431 e. The average molecular weight is 582 g/mol. The molecule has 0 rings (SSSR count). The molecule has 0 radical (unpaired) electrons. The quantitative estimate of drug-likeness (QED) is 0.0717. The molecule has 0 spiro atoms. The molecule has 0 bridgehead atoms. The van der Waals surface area contributed by atoms with E-state index in [2.05, 4.69) is 11.8 Å². The van der Waals surface area contributed by atoms with E-state index in [4.69, 9.17) is 10.2 Å². The topological polar surface area (TPSA) is 43.7 Å². The van der Waals surface area contributed by atoms with E-state index >= 15 is 0 Å². The third-order valence-corrected chi connectivity index (χ3v) is 9.09. The second kappa shape index (κ2) is 37.9. The molecular formula is C38H79NO2. The molecule has 2 N–H and O–H groups in total. The Morgan fingerprint density at radius 2 is 0.463 bits per heavy atom. The van der Waals surface area contributed by atoms with Gasteiger partial charge in [-0.05, 0) is 51.7 Å². The van der Waals surface area contributed by atoms with Crippen LogP contribution in [0.25, 0.3) is 0 Å². The van der Waals surface area contributed by atoms with Gasteiger partial charge in [0.1, 0.15) is 0 Å². The lowest BCUT2D eigenvalue weighted by atomic mass is 10.0. The first-order valence-electron chi connectivity index (χ1n) is 19.3. The highest BCUT2D eigenvalue weighted by Crippen LogP contribution is 2.15. The minimum Gasteiger partial charge on any atom is -0.396 e. The molecule has 0 saturated heterocycles. The molecule has 0 aliphatic rings. The molecule has 41 heavy (non-hydrogen) atoms. The number of hydrogen-bond donors (Lipinski definition) is 2. The second-order valence-electron chi connectivity index (χ2n) is 13.2. The third-order valence-electron chi connectivity index (χ3n) is 9.09. The SMILES string of the molecule is CCCCCCCCCCCCCCN(CCCCCCCCCCCCO)CCCCCCCCCCCCO. The van der Waals surface area contributed by atoms with Crippen LogP contribution in [0, 0.1) is 0 Å². The lowest BCUT2D eigenvalue weighted by Crippen LogP contribution is -2.27. The molecule has 0 amide bonds. The predicted octanol–water partition coefficient (Wildman–Crippen LogP) is 11.8. The van der Waals surface area contributed by atoms with Crippen LogP contribution >= 0.6 is 0 Å². The van der Waals surface area contributed by atoms with Gasteiger partial charge in [0.2, 0.25) is 0 Å². The van der Waals surface area contributed by atoms with Crippen molar-refractivity contribution in [1.29, 1.82) is 0 Å². The van der Waals surface area contributed by atoms with Crippen molar-refractivity contribution < 1.29 is 10.2 Å². The summed E-state index contributed by atoms with van der Waals surface area (Å²) >= 11 is 0. The van der Waals surface area contributed by atoms with Crippen molar-refractivity contribution in [3.63, 3.8) is 0 Å². The number of aliphatic hydroxyl groups is 2. The van der Waals surface area contributed by atoms with Crippen molar-refractivity contribution in [3.05, 3.63) is 0 Å². The number of unbranched alkanes of at least 4 members (excludes halogenated alkanes) is 29. The van der Waals surface area contributed by atoms with E-state index in [-0.39, 0.29) is 0 Å². The Kier molecular flexibility index (Phi) is 37.8. The van der Waals surface area contributed by atoms with Crippen molar-refractivity contribution >= 4 is 0 Å². The van der Waals surface area contributed by atoms with Gasteiger partial charge in [-0.1, -0.05) is 180 Å². The molecule has 0 atom stereocenters. The fourth-order valence-corrected chi connectivity index (χ4v) is 6.23. The van der Waals surface area contributed by atoms with Gasteiger partial charge in [-0.15, -0.1) is 0 Å². The summed E-state index contributed by atoms with van der Waals surface area (Å²) in [7, 11) is 0. The van der Waals surface area contributed by atoms with Gasteiger partial charge < -0.3 is 15.1 Å². The first-order valence-corrected chi connectivity index (χ1v) is 19.3. The van der Waals surface area contributed by atoms with Gasteiger partial charge in [-0.25, -0.2) is 0 Å². The maximum Gasteiger partial charge on any atom is 0.0431 e. The van der Waals surface area contributed by atoms with E-state index in [1.54, 1.807) is 0 Å². The standard InChI is InChI=1S/C38H79NO2/c1-2-3-4-5-6-7-8-9-14-19-24-29-34-39(35-30-25-20-15-10-12-17-22-27-32-37-40)36-31-26-21-16-11-13-18-23-28-33-38-41/h40-41H,2-38H2,1H3. The van der Waals surface area contributed by atoms with Crippen molar-refractivity contribution in [2.24, 2.45) is 0 Å². The summed E-state index contributed by atoms with van der Waals surface area (Å²) in [6, 6.07) is 0. The highest BCUT2D eigenvalue weighted by atomic mass is 16.3. The van der Waals surface area contributed by atoms with Gasteiger partial charge in [0.15, 0.2) is 0 Å². The van der Waals surface area contributed by atoms with Crippen molar-refractivity contribution in [3.8, 4) is 0 Å². The first kappa shape index (κ1) is 40.9. The molecule has 0 aromatic rings. The van der Waals surface area contributed by atoms with Gasteiger partial charge >= 0.3 is 0 Å². The molecule has 3 heteroatoms. The fourth-order valence-electron chi connectivity index (χ4n) is 6.23. The van der Waals surface area contributed by atoms with E-state index in [1.807, 2.05) is 0 Å².